The molecule has 1 amide bonds. The van der Waals surface area contributed by atoms with Crippen molar-refractivity contribution in [2.45, 2.75) is 13.3 Å². The number of rotatable bonds is 4. The lowest BCUT2D eigenvalue weighted by Crippen LogP contribution is -2.40. The van der Waals surface area contributed by atoms with Crippen molar-refractivity contribution < 1.29 is 4.79 Å². The summed E-state index contributed by atoms with van der Waals surface area (Å²) < 4.78 is 2.23. The van der Waals surface area contributed by atoms with Gasteiger partial charge in [0.1, 0.15) is 5.82 Å². The summed E-state index contributed by atoms with van der Waals surface area (Å²) in [6.07, 6.45) is 0.202. The Bertz CT molecular complexity index is 820. The fraction of sp³-hybridized carbons (Fsp3) is 0.267. The second kappa shape index (κ2) is 6.30. The summed E-state index contributed by atoms with van der Waals surface area (Å²) in [6, 6.07) is 8.87. The first-order chi connectivity index (χ1) is 10.4. The van der Waals surface area contributed by atoms with Crippen molar-refractivity contribution in [3.8, 4) is 0 Å². The van der Waals surface area contributed by atoms with Gasteiger partial charge in [0.15, 0.2) is 0 Å². The van der Waals surface area contributed by atoms with Crippen LogP contribution in [0.5, 0.6) is 0 Å². The third-order valence-corrected chi connectivity index (χ3v) is 3.30. The first-order valence-electron chi connectivity index (χ1n) is 6.76. The third-order valence-electron chi connectivity index (χ3n) is 3.30. The molecule has 7 nitrogen and oxygen atoms in total. The predicted octanol–water partition coefficient (Wildman–Crippen LogP) is 0.0782. The van der Waals surface area contributed by atoms with E-state index in [0.29, 0.717) is 0 Å². The van der Waals surface area contributed by atoms with E-state index < -0.39 is 11.2 Å². The van der Waals surface area contributed by atoms with Gasteiger partial charge in [0, 0.05) is 20.2 Å². The monoisotopic (exact) mass is 302 g/mol. The van der Waals surface area contributed by atoms with E-state index in [-0.39, 0.29) is 18.1 Å². The molecule has 2 N–H and O–H groups in total. The highest BCUT2D eigenvalue weighted by atomic mass is 16.2. The van der Waals surface area contributed by atoms with Crippen LogP contribution in [0.25, 0.3) is 0 Å². The topological polar surface area (TPSA) is 85.1 Å². The highest BCUT2D eigenvalue weighted by Crippen LogP contribution is 2.04. The van der Waals surface area contributed by atoms with Gasteiger partial charge in [0.25, 0.3) is 5.56 Å². The van der Waals surface area contributed by atoms with E-state index in [9.17, 15) is 14.4 Å². The number of carbonyl (C=O) groups is 1. The average Bonchev–Trinajstić information content (AvgIpc) is 2.47. The van der Waals surface area contributed by atoms with Crippen LogP contribution in [0, 0.1) is 6.92 Å². The van der Waals surface area contributed by atoms with Crippen LogP contribution in [0.2, 0.25) is 0 Å². The number of aryl methyl sites for hydroxylation is 1. The quantitative estimate of drug-likeness (QED) is 0.783. The lowest BCUT2D eigenvalue weighted by molar-refractivity contribution is -0.119. The molecule has 0 spiro atoms. The Morgan fingerprint density at radius 3 is 2.55 bits per heavy atom. The standard InChI is InChI=1S/C15H18N4O3/c1-10-5-4-6-11(7-10)8-13(20)17-16-12-9-14(21)19(3)15(22)18(12)2/h4-7,9,16H,8H2,1-3H3,(H,17,20). The number of anilines is 1. The Morgan fingerprint density at radius 2 is 1.86 bits per heavy atom. The lowest BCUT2D eigenvalue weighted by Gasteiger charge is -2.12. The number of aromatic nitrogens is 2. The molecular weight excluding hydrogens is 284 g/mol. The highest BCUT2D eigenvalue weighted by Gasteiger charge is 2.07. The maximum Gasteiger partial charge on any atom is 0.332 e. The van der Waals surface area contributed by atoms with Gasteiger partial charge in [-0.15, -0.1) is 0 Å². The van der Waals surface area contributed by atoms with Crippen LogP contribution in [0.1, 0.15) is 11.1 Å². The molecule has 0 saturated carbocycles. The van der Waals surface area contributed by atoms with Gasteiger partial charge in [-0.3, -0.25) is 29.6 Å². The summed E-state index contributed by atoms with van der Waals surface area (Å²) in [7, 11) is 2.90. The Kier molecular flexibility index (Phi) is 4.45. The summed E-state index contributed by atoms with van der Waals surface area (Å²) in [5.41, 5.74) is 6.14. The van der Waals surface area contributed by atoms with Crippen LogP contribution in [-0.2, 0) is 25.3 Å². The molecule has 0 radical (unpaired) electrons. The Morgan fingerprint density at radius 1 is 1.14 bits per heavy atom. The van der Waals surface area contributed by atoms with E-state index in [2.05, 4.69) is 10.9 Å². The minimum Gasteiger partial charge on any atom is -0.283 e. The molecule has 1 heterocycles. The van der Waals surface area contributed by atoms with Crippen molar-refractivity contribution in [3.63, 3.8) is 0 Å². The zero-order valence-corrected chi connectivity index (χ0v) is 12.7. The van der Waals surface area contributed by atoms with Crippen LogP contribution in [0.15, 0.2) is 39.9 Å². The highest BCUT2D eigenvalue weighted by molar-refractivity contribution is 5.79. The van der Waals surface area contributed by atoms with Gasteiger partial charge in [0.2, 0.25) is 5.91 Å². The molecule has 0 atom stereocenters. The van der Waals surface area contributed by atoms with Crippen LogP contribution in [-0.4, -0.2) is 15.0 Å². The van der Waals surface area contributed by atoms with Crippen LogP contribution in [0.4, 0.5) is 5.82 Å². The molecule has 0 saturated heterocycles. The molecule has 22 heavy (non-hydrogen) atoms. The maximum atomic E-state index is 11.9. The zero-order valence-electron chi connectivity index (χ0n) is 12.7. The van der Waals surface area contributed by atoms with Crippen LogP contribution >= 0.6 is 0 Å². The minimum atomic E-state index is -0.470. The van der Waals surface area contributed by atoms with Crippen molar-refractivity contribution in [2.24, 2.45) is 14.1 Å². The summed E-state index contributed by atoms with van der Waals surface area (Å²) in [4.78, 5) is 35.2. The van der Waals surface area contributed by atoms with Crippen molar-refractivity contribution in [3.05, 3.63) is 62.3 Å². The second-order valence-corrected chi connectivity index (χ2v) is 5.11. The summed E-state index contributed by atoms with van der Waals surface area (Å²) in [5, 5.41) is 0. The normalized spacial score (nSPS) is 10.3. The smallest absolute Gasteiger partial charge is 0.283 e. The summed E-state index contributed by atoms with van der Waals surface area (Å²) in [5.74, 6) is -0.0376. The molecule has 2 rings (SSSR count). The largest absolute Gasteiger partial charge is 0.332 e. The van der Waals surface area contributed by atoms with E-state index in [4.69, 9.17) is 0 Å². The molecule has 0 aliphatic heterocycles. The van der Waals surface area contributed by atoms with Gasteiger partial charge in [-0.05, 0) is 12.5 Å². The van der Waals surface area contributed by atoms with Gasteiger partial charge in [0.05, 0.1) is 6.42 Å². The molecule has 1 aromatic carbocycles. The van der Waals surface area contributed by atoms with Crippen LogP contribution in [0.3, 0.4) is 0 Å². The first kappa shape index (κ1) is 15.6. The summed E-state index contributed by atoms with van der Waals surface area (Å²) in [6.45, 7) is 1.95. The average molecular weight is 302 g/mol. The Balaban J connectivity index is 2.06. The van der Waals surface area contributed by atoms with Gasteiger partial charge >= 0.3 is 5.69 Å². The first-order valence-corrected chi connectivity index (χ1v) is 6.76. The third kappa shape index (κ3) is 3.43. The molecule has 7 heteroatoms. The summed E-state index contributed by atoms with van der Waals surface area (Å²) >= 11 is 0. The Labute approximate surface area is 127 Å². The van der Waals surface area contributed by atoms with Crippen molar-refractivity contribution in [1.29, 1.82) is 0 Å². The number of benzene rings is 1. The second-order valence-electron chi connectivity index (χ2n) is 5.11. The molecular formula is C15H18N4O3. The van der Waals surface area contributed by atoms with E-state index in [1.54, 1.807) is 0 Å². The van der Waals surface area contributed by atoms with Gasteiger partial charge in [-0.25, -0.2) is 4.79 Å². The fourth-order valence-electron chi connectivity index (χ4n) is 2.04. The zero-order chi connectivity index (χ0) is 16.3. The van der Waals surface area contributed by atoms with E-state index >= 15 is 0 Å². The van der Waals surface area contributed by atoms with Crippen molar-refractivity contribution in [1.82, 2.24) is 14.6 Å². The number of nitrogens with one attached hydrogen (secondary N) is 2. The molecule has 0 aliphatic rings. The Hall–Kier alpha value is -2.83. The number of hydrazine groups is 1. The lowest BCUT2D eigenvalue weighted by atomic mass is 10.1. The number of hydrogen-bond donors (Lipinski definition) is 2. The van der Waals surface area contributed by atoms with Gasteiger partial charge in [-0.1, -0.05) is 29.8 Å². The minimum absolute atomic E-state index is 0.202. The van der Waals surface area contributed by atoms with Gasteiger partial charge < -0.3 is 0 Å². The number of nitrogens with zero attached hydrogens (tertiary/aromatic N) is 2. The molecule has 1 aromatic heterocycles. The molecule has 2 aromatic rings. The maximum absolute atomic E-state index is 11.9. The van der Waals surface area contributed by atoms with Crippen molar-refractivity contribution >= 4 is 11.7 Å². The molecule has 116 valence electrons. The van der Waals surface area contributed by atoms with Crippen LogP contribution < -0.4 is 22.1 Å². The molecule has 0 bridgehead atoms. The van der Waals surface area contributed by atoms with Crippen molar-refractivity contribution in [2.75, 3.05) is 5.43 Å². The molecule has 0 aliphatic carbocycles. The van der Waals surface area contributed by atoms with E-state index in [0.717, 1.165) is 15.7 Å². The van der Waals surface area contributed by atoms with E-state index in [1.807, 2.05) is 31.2 Å². The number of amides is 1. The fourth-order valence-corrected chi connectivity index (χ4v) is 2.04. The predicted molar refractivity (Wildman–Crippen MR) is 83.6 cm³/mol. The van der Waals surface area contributed by atoms with Gasteiger partial charge in [-0.2, -0.15) is 0 Å². The number of carbonyl (C=O) groups excluding carboxylic acids is 1. The van der Waals surface area contributed by atoms with E-state index in [1.165, 1.54) is 24.7 Å². The molecule has 0 unspecified atom stereocenters. The molecule has 0 fully saturated rings. The SMILES string of the molecule is Cc1cccc(CC(=O)NNc2cc(=O)n(C)c(=O)n2C)c1. The number of hydrogen-bond acceptors (Lipinski definition) is 4.